The Morgan fingerprint density at radius 3 is 2.42 bits per heavy atom. The van der Waals surface area contributed by atoms with Crippen LogP contribution in [0.4, 0.5) is 13.2 Å². The number of hydrogen-bond acceptors (Lipinski definition) is 4. The van der Waals surface area contributed by atoms with E-state index in [1.165, 1.54) is 10.5 Å². The summed E-state index contributed by atoms with van der Waals surface area (Å²) in [6, 6.07) is 8.87. The van der Waals surface area contributed by atoms with Crippen LogP contribution < -0.4 is 5.32 Å². The number of nitrogens with zero attached hydrogens (tertiary/aromatic N) is 5. The number of carbonyl (C=O) groups is 1. The number of benzene rings is 1. The summed E-state index contributed by atoms with van der Waals surface area (Å²) < 4.78 is 41.8. The molecule has 160 valence electrons. The lowest BCUT2D eigenvalue weighted by Gasteiger charge is -2.09. The quantitative estimate of drug-likeness (QED) is 0.509. The number of rotatable bonds is 4. The number of amides is 1. The SMILES string of the molecule is Cc1nn(-c2ccc(C(=O)NCc3nnc4ccc(C(F)(F)F)cn34)cc2)c(C)c1Cl. The summed E-state index contributed by atoms with van der Waals surface area (Å²) in [7, 11) is 0. The first kappa shape index (κ1) is 20.9. The third kappa shape index (κ3) is 3.98. The summed E-state index contributed by atoms with van der Waals surface area (Å²) in [6.07, 6.45) is -3.58. The second-order valence-electron chi connectivity index (χ2n) is 6.89. The first-order chi connectivity index (χ1) is 14.6. The first-order valence-electron chi connectivity index (χ1n) is 9.16. The van der Waals surface area contributed by atoms with E-state index in [0.717, 1.165) is 23.6 Å². The molecule has 4 aromatic rings. The van der Waals surface area contributed by atoms with Crippen LogP contribution in [-0.2, 0) is 12.7 Å². The Labute approximate surface area is 179 Å². The maximum Gasteiger partial charge on any atom is 0.417 e. The van der Waals surface area contributed by atoms with Gasteiger partial charge in [-0.3, -0.25) is 9.20 Å². The number of nitrogens with one attached hydrogen (secondary N) is 1. The Morgan fingerprint density at radius 2 is 1.81 bits per heavy atom. The molecule has 1 aromatic carbocycles. The normalized spacial score (nSPS) is 11.8. The van der Waals surface area contributed by atoms with Gasteiger partial charge in [0, 0.05) is 11.8 Å². The van der Waals surface area contributed by atoms with E-state index in [4.69, 9.17) is 11.6 Å². The van der Waals surface area contributed by atoms with Crippen molar-refractivity contribution in [3.05, 3.63) is 76.0 Å². The molecule has 31 heavy (non-hydrogen) atoms. The van der Waals surface area contributed by atoms with Crippen LogP contribution in [0.1, 0.15) is 33.1 Å². The zero-order valence-corrected chi connectivity index (χ0v) is 17.2. The van der Waals surface area contributed by atoms with Gasteiger partial charge in [-0.2, -0.15) is 18.3 Å². The predicted molar refractivity (Wildman–Crippen MR) is 107 cm³/mol. The second kappa shape index (κ2) is 7.69. The van der Waals surface area contributed by atoms with Crippen LogP contribution in [0, 0.1) is 13.8 Å². The van der Waals surface area contributed by atoms with E-state index in [-0.39, 0.29) is 18.0 Å². The van der Waals surface area contributed by atoms with Gasteiger partial charge < -0.3 is 5.32 Å². The Hall–Kier alpha value is -3.40. The molecule has 3 aromatic heterocycles. The van der Waals surface area contributed by atoms with Gasteiger partial charge in [0.05, 0.1) is 34.2 Å². The molecule has 7 nitrogen and oxygen atoms in total. The largest absolute Gasteiger partial charge is 0.417 e. The van der Waals surface area contributed by atoms with Crippen molar-refractivity contribution in [1.82, 2.24) is 29.7 Å². The summed E-state index contributed by atoms with van der Waals surface area (Å²) in [4.78, 5) is 12.5. The van der Waals surface area contributed by atoms with Gasteiger partial charge in [-0.1, -0.05) is 11.6 Å². The topological polar surface area (TPSA) is 77.1 Å². The molecule has 4 rings (SSSR count). The molecule has 1 amide bonds. The molecule has 0 aliphatic carbocycles. The van der Waals surface area contributed by atoms with Gasteiger partial charge in [-0.25, -0.2) is 4.68 Å². The minimum atomic E-state index is -4.49. The number of alkyl halides is 3. The van der Waals surface area contributed by atoms with Crippen molar-refractivity contribution in [3.63, 3.8) is 0 Å². The molecule has 0 aliphatic rings. The molecule has 0 bridgehead atoms. The zero-order chi connectivity index (χ0) is 22.3. The lowest BCUT2D eigenvalue weighted by atomic mass is 10.2. The van der Waals surface area contributed by atoms with Crippen molar-refractivity contribution in [2.75, 3.05) is 0 Å². The van der Waals surface area contributed by atoms with Crippen molar-refractivity contribution in [3.8, 4) is 5.69 Å². The van der Waals surface area contributed by atoms with Crippen molar-refractivity contribution >= 4 is 23.2 Å². The fraction of sp³-hybridized carbons (Fsp3) is 0.200. The smallest absolute Gasteiger partial charge is 0.345 e. The Kier molecular flexibility index (Phi) is 5.18. The maximum absolute atomic E-state index is 13.0. The number of aromatic nitrogens is 5. The van der Waals surface area contributed by atoms with Gasteiger partial charge in [-0.05, 0) is 50.2 Å². The number of pyridine rings is 1. The van der Waals surface area contributed by atoms with Crippen LogP contribution in [0.3, 0.4) is 0 Å². The average molecular weight is 449 g/mol. The summed E-state index contributed by atoms with van der Waals surface area (Å²) in [6.45, 7) is 3.56. The summed E-state index contributed by atoms with van der Waals surface area (Å²) in [5, 5.41) is 15.3. The Bertz CT molecular complexity index is 1280. The van der Waals surface area contributed by atoms with Crippen LogP contribution in [-0.4, -0.2) is 30.3 Å². The van der Waals surface area contributed by atoms with Crippen molar-refractivity contribution in [2.45, 2.75) is 26.6 Å². The van der Waals surface area contributed by atoms with E-state index in [9.17, 15) is 18.0 Å². The molecule has 3 heterocycles. The maximum atomic E-state index is 13.0. The minimum Gasteiger partial charge on any atom is -0.345 e. The van der Waals surface area contributed by atoms with Crippen LogP contribution in [0.25, 0.3) is 11.3 Å². The molecule has 0 aliphatic heterocycles. The molecule has 11 heteroatoms. The van der Waals surface area contributed by atoms with E-state index in [2.05, 4.69) is 20.6 Å². The number of halogens is 4. The minimum absolute atomic E-state index is 0.0872. The van der Waals surface area contributed by atoms with Gasteiger partial charge in [-0.15, -0.1) is 10.2 Å². The molecular formula is C20H16ClF3N6O. The summed E-state index contributed by atoms with van der Waals surface area (Å²) in [5.74, 6) is -0.218. The van der Waals surface area contributed by atoms with Crippen molar-refractivity contribution in [1.29, 1.82) is 0 Å². The molecule has 0 atom stereocenters. The highest BCUT2D eigenvalue weighted by atomic mass is 35.5. The summed E-state index contributed by atoms with van der Waals surface area (Å²) in [5.41, 5.74) is 2.04. The Balaban J connectivity index is 1.49. The molecule has 0 fully saturated rings. The van der Waals surface area contributed by atoms with Crippen LogP contribution in [0.15, 0.2) is 42.6 Å². The highest BCUT2D eigenvalue weighted by Crippen LogP contribution is 2.29. The van der Waals surface area contributed by atoms with E-state index in [1.807, 2.05) is 6.92 Å². The molecule has 1 N–H and O–H groups in total. The molecule has 0 unspecified atom stereocenters. The van der Waals surface area contributed by atoms with Crippen molar-refractivity contribution in [2.24, 2.45) is 0 Å². The highest BCUT2D eigenvalue weighted by molar-refractivity contribution is 6.31. The van der Waals surface area contributed by atoms with Gasteiger partial charge in [0.1, 0.15) is 0 Å². The van der Waals surface area contributed by atoms with Gasteiger partial charge in [0.2, 0.25) is 0 Å². The van der Waals surface area contributed by atoms with Crippen LogP contribution >= 0.6 is 11.6 Å². The number of aryl methyl sites for hydroxylation is 1. The van der Waals surface area contributed by atoms with Crippen molar-refractivity contribution < 1.29 is 18.0 Å². The molecule has 0 radical (unpaired) electrons. The second-order valence-corrected chi connectivity index (χ2v) is 7.26. The summed E-state index contributed by atoms with van der Waals surface area (Å²) >= 11 is 6.17. The first-order valence-corrected chi connectivity index (χ1v) is 9.54. The van der Waals surface area contributed by atoms with Gasteiger partial charge >= 0.3 is 6.18 Å². The standard InChI is InChI=1S/C20H16ClF3N6O/c1-11-18(21)12(2)30(28-11)15-6-3-13(4-7-15)19(31)25-9-17-27-26-16-8-5-14(10-29(16)17)20(22,23)24/h3-8,10H,9H2,1-2H3,(H,25,31). The van der Waals surface area contributed by atoms with E-state index < -0.39 is 17.6 Å². The number of fused-ring (bicyclic) bond motifs is 1. The zero-order valence-electron chi connectivity index (χ0n) is 16.4. The molecular weight excluding hydrogens is 433 g/mol. The number of carbonyl (C=O) groups excluding carboxylic acids is 1. The monoisotopic (exact) mass is 448 g/mol. The predicted octanol–water partition coefficient (Wildman–Crippen LogP) is 4.13. The van der Waals surface area contributed by atoms with E-state index in [0.29, 0.717) is 16.3 Å². The lowest BCUT2D eigenvalue weighted by Crippen LogP contribution is -2.24. The average Bonchev–Trinajstić information content (AvgIpc) is 3.27. The Morgan fingerprint density at radius 1 is 1.10 bits per heavy atom. The molecule has 0 saturated carbocycles. The number of hydrogen-bond donors (Lipinski definition) is 1. The van der Waals surface area contributed by atoms with Gasteiger partial charge in [0.15, 0.2) is 11.5 Å². The van der Waals surface area contributed by atoms with Gasteiger partial charge in [0.25, 0.3) is 5.91 Å². The fourth-order valence-electron chi connectivity index (χ4n) is 3.12. The van der Waals surface area contributed by atoms with Crippen LogP contribution in [0.5, 0.6) is 0 Å². The van der Waals surface area contributed by atoms with E-state index in [1.54, 1.807) is 35.9 Å². The lowest BCUT2D eigenvalue weighted by molar-refractivity contribution is -0.137. The third-order valence-electron chi connectivity index (χ3n) is 4.78. The van der Waals surface area contributed by atoms with Crippen LogP contribution in [0.2, 0.25) is 5.02 Å². The van der Waals surface area contributed by atoms with E-state index >= 15 is 0 Å². The fourth-order valence-corrected chi connectivity index (χ4v) is 3.23. The third-order valence-corrected chi connectivity index (χ3v) is 5.33. The molecule has 0 saturated heterocycles. The molecule has 0 spiro atoms. The highest BCUT2D eigenvalue weighted by Gasteiger charge is 2.31.